The first-order chi connectivity index (χ1) is 9.84. The highest BCUT2D eigenvalue weighted by Crippen LogP contribution is 2.23. The second-order valence-corrected chi connectivity index (χ2v) is 4.11. The molecule has 2 aromatic rings. The third kappa shape index (κ3) is 2.58. The van der Waals surface area contributed by atoms with Gasteiger partial charge in [-0.15, -0.1) is 0 Å². The fraction of sp³-hybridized carbons (Fsp3) is 0.167. The largest absolute Gasteiger partial charge is 0.347 e. The molecule has 2 N–H and O–H groups in total. The molecule has 2 rings (SSSR count). The summed E-state index contributed by atoms with van der Waals surface area (Å²) < 4.78 is 65.8. The number of benzene rings is 1. The second-order valence-electron chi connectivity index (χ2n) is 4.11. The summed E-state index contributed by atoms with van der Waals surface area (Å²) in [5.74, 6) is -12.2. The standard InChI is InChI=1S/C12H8F5N3O/c1-4(11-18-2-3-19-11)20-12(21)5-6(13)8(15)10(17)9(16)7(5)14/h2-4H,1H3,(H,18,19)(H,20,21). The van der Waals surface area contributed by atoms with Gasteiger partial charge in [-0.3, -0.25) is 4.79 Å². The van der Waals surface area contributed by atoms with E-state index in [2.05, 4.69) is 15.3 Å². The highest BCUT2D eigenvalue weighted by atomic mass is 19.2. The Hall–Kier alpha value is -2.45. The first-order valence-electron chi connectivity index (χ1n) is 5.66. The predicted molar refractivity (Wildman–Crippen MR) is 60.7 cm³/mol. The number of aromatic amines is 1. The maximum Gasteiger partial charge on any atom is 0.258 e. The Bertz CT molecular complexity index is 658. The molecule has 4 nitrogen and oxygen atoms in total. The van der Waals surface area contributed by atoms with Gasteiger partial charge in [0.15, 0.2) is 23.3 Å². The van der Waals surface area contributed by atoms with E-state index in [0.29, 0.717) is 0 Å². The summed E-state index contributed by atoms with van der Waals surface area (Å²) in [6.07, 6.45) is 2.81. The molecular weight excluding hydrogens is 297 g/mol. The number of rotatable bonds is 3. The molecule has 0 radical (unpaired) electrons. The predicted octanol–water partition coefficient (Wildman–Crippen LogP) is 2.60. The van der Waals surface area contributed by atoms with Crippen LogP contribution in [-0.4, -0.2) is 15.9 Å². The molecule has 0 bridgehead atoms. The Labute approximate surface area is 115 Å². The van der Waals surface area contributed by atoms with Gasteiger partial charge in [-0.1, -0.05) is 0 Å². The molecule has 0 saturated heterocycles. The summed E-state index contributed by atoms with van der Waals surface area (Å²) >= 11 is 0. The molecule has 1 unspecified atom stereocenters. The minimum atomic E-state index is -2.32. The molecule has 0 spiro atoms. The summed E-state index contributed by atoms with van der Waals surface area (Å²) in [5.41, 5.74) is -1.54. The lowest BCUT2D eigenvalue weighted by molar-refractivity contribution is 0.0926. The fourth-order valence-corrected chi connectivity index (χ4v) is 1.66. The lowest BCUT2D eigenvalue weighted by atomic mass is 10.1. The van der Waals surface area contributed by atoms with Crippen LogP contribution in [0.4, 0.5) is 22.0 Å². The average molecular weight is 305 g/mol. The number of carbonyl (C=O) groups excluding carboxylic acids is 1. The van der Waals surface area contributed by atoms with Crippen molar-refractivity contribution in [3.05, 3.63) is 52.9 Å². The number of aromatic nitrogens is 2. The van der Waals surface area contributed by atoms with E-state index in [1.165, 1.54) is 19.3 Å². The number of H-pyrrole nitrogens is 1. The third-order valence-corrected chi connectivity index (χ3v) is 2.71. The summed E-state index contributed by atoms with van der Waals surface area (Å²) in [6, 6.07) is -0.817. The first kappa shape index (κ1) is 14.9. The van der Waals surface area contributed by atoms with Crippen molar-refractivity contribution in [1.29, 1.82) is 0 Å². The van der Waals surface area contributed by atoms with Crippen molar-refractivity contribution >= 4 is 5.91 Å². The molecule has 1 aromatic carbocycles. The SMILES string of the molecule is CC(NC(=O)c1c(F)c(F)c(F)c(F)c1F)c1ncc[nH]1. The molecule has 1 heterocycles. The van der Waals surface area contributed by atoms with Gasteiger partial charge < -0.3 is 10.3 Å². The van der Waals surface area contributed by atoms with E-state index in [0.717, 1.165) is 0 Å². The molecule has 9 heteroatoms. The van der Waals surface area contributed by atoms with E-state index in [-0.39, 0.29) is 5.82 Å². The van der Waals surface area contributed by atoms with E-state index in [1.54, 1.807) is 0 Å². The number of carbonyl (C=O) groups is 1. The van der Waals surface area contributed by atoms with Gasteiger partial charge in [0.1, 0.15) is 11.4 Å². The molecule has 112 valence electrons. The van der Waals surface area contributed by atoms with Gasteiger partial charge in [-0.25, -0.2) is 26.9 Å². The van der Waals surface area contributed by atoms with Gasteiger partial charge >= 0.3 is 0 Å². The van der Waals surface area contributed by atoms with Crippen LogP contribution in [0.25, 0.3) is 0 Å². The highest BCUT2D eigenvalue weighted by molar-refractivity contribution is 5.95. The van der Waals surface area contributed by atoms with Crippen molar-refractivity contribution in [2.24, 2.45) is 0 Å². The van der Waals surface area contributed by atoms with Crippen LogP contribution in [0.5, 0.6) is 0 Å². The third-order valence-electron chi connectivity index (χ3n) is 2.71. The lowest BCUT2D eigenvalue weighted by Crippen LogP contribution is -2.30. The molecule has 1 atom stereocenters. The van der Waals surface area contributed by atoms with E-state index >= 15 is 0 Å². The van der Waals surface area contributed by atoms with Crippen molar-refractivity contribution in [2.75, 3.05) is 0 Å². The Morgan fingerprint density at radius 2 is 1.62 bits per heavy atom. The smallest absolute Gasteiger partial charge is 0.258 e. The Kier molecular flexibility index (Phi) is 3.92. The molecular formula is C12H8F5N3O. The van der Waals surface area contributed by atoms with Crippen molar-refractivity contribution in [3.8, 4) is 0 Å². The maximum absolute atomic E-state index is 13.4. The zero-order chi connectivity index (χ0) is 15.7. The van der Waals surface area contributed by atoms with Crippen LogP contribution in [-0.2, 0) is 0 Å². The lowest BCUT2D eigenvalue weighted by Gasteiger charge is -2.13. The molecule has 0 fully saturated rings. The minimum Gasteiger partial charge on any atom is -0.347 e. The van der Waals surface area contributed by atoms with Crippen LogP contribution >= 0.6 is 0 Å². The van der Waals surface area contributed by atoms with Crippen molar-refractivity contribution in [1.82, 2.24) is 15.3 Å². The van der Waals surface area contributed by atoms with Gasteiger partial charge in [-0.2, -0.15) is 0 Å². The topological polar surface area (TPSA) is 57.8 Å². The van der Waals surface area contributed by atoms with Gasteiger partial charge in [0.25, 0.3) is 5.91 Å². The quantitative estimate of drug-likeness (QED) is 0.520. The summed E-state index contributed by atoms with van der Waals surface area (Å²) in [4.78, 5) is 18.1. The molecule has 0 aliphatic heterocycles. The number of nitrogens with zero attached hydrogens (tertiary/aromatic N) is 1. The van der Waals surface area contributed by atoms with E-state index in [1.807, 2.05) is 0 Å². The van der Waals surface area contributed by atoms with E-state index in [9.17, 15) is 26.7 Å². The first-order valence-corrected chi connectivity index (χ1v) is 5.66. The number of imidazole rings is 1. The van der Waals surface area contributed by atoms with Crippen LogP contribution in [0.3, 0.4) is 0 Å². The Morgan fingerprint density at radius 3 is 2.10 bits per heavy atom. The van der Waals surface area contributed by atoms with Crippen molar-refractivity contribution in [3.63, 3.8) is 0 Å². The number of hydrogen-bond donors (Lipinski definition) is 2. The Balaban J connectivity index is 2.36. The van der Waals surface area contributed by atoms with Gasteiger partial charge in [0.2, 0.25) is 5.82 Å². The molecule has 0 aliphatic carbocycles. The fourth-order valence-electron chi connectivity index (χ4n) is 1.66. The maximum atomic E-state index is 13.4. The highest BCUT2D eigenvalue weighted by Gasteiger charge is 2.30. The molecule has 0 aliphatic rings. The normalized spacial score (nSPS) is 12.3. The number of hydrogen-bond acceptors (Lipinski definition) is 2. The van der Waals surface area contributed by atoms with E-state index < -0.39 is 46.6 Å². The molecule has 0 saturated carbocycles. The number of amides is 1. The van der Waals surface area contributed by atoms with Crippen LogP contribution in [0, 0.1) is 29.1 Å². The van der Waals surface area contributed by atoms with Gasteiger partial charge in [-0.05, 0) is 6.92 Å². The Morgan fingerprint density at radius 1 is 1.10 bits per heavy atom. The zero-order valence-corrected chi connectivity index (χ0v) is 10.5. The van der Waals surface area contributed by atoms with Crippen LogP contribution < -0.4 is 5.32 Å². The van der Waals surface area contributed by atoms with Crippen LogP contribution in [0.2, 0.25) is 0 Å². The second kappa shape index (κ2) is 5.51. The van der Waals surface area contributed by atoms with Gasteiger partial charge in [0.05, 0.1) is 6.04 Å². The van der Waals surface area contributed by atoms with Crippen LogP contribution in [0.15, 0.2) is 12.4 Å². The molecule has 1 amide bonds. The molecule has 21 heavy (non-hydrogen) atoms. The summed E-state index contributed by atoms with van der Waals surface area (Å²) in [6.45, 7) is 1.42. The summed E-state index contributed by atoms with van der Waals surface area (Å²) in [7, 11) is 0. The zero-order valence-electron chi connectivity index (χ0n) is 10.5. The van der Waals surface area contributed by atoms with Crippen LogP contribution in [0.1, 0.15) is 29.1 Å². The number of halogens is 5. The number of nitrogens with one attached hydrogen (secondary N) is 2. The van der Waals surface area contributed by atoms with Crippen molar-refractivity contribution < 1.29 is 26.7 Å². The van der Waals surface area contributed by atoms with Gasteiger partial charge in [0, 0.05) is 12.4 Å². The monoisotopic (exact) mass is 305 g/mol. The molecule has 1 aromatic heterocycles. The summed E-state index contributed by atoms with van der Waals surface area (Å²) in [5, 5.41) is 2.09. The van der Waals surface area contributed by atoms with Crippen molar-refractivity contribution in [2.45, 2.75) is 13.0 Å². The average Bonchev–Trinajstić information content (AvgIpc) is 2.97. The van der Waals surface area contributed by atoms with E-state index in [4.69, 9.17) is 0 Å². The minimum absolute atomic E-state index is 0.257.